The van der Waals surface area contributed by atoms with Gasteiger partial charge in [0, 0.05) is 5.57 Å². The standard InChI is InChI=1S/C19H28O2/c1-5-7-9-14-18(6-2)21-19(20)16(4)15(3)17-12-10-8-11-13-17/h8,10-13,18H,5-7,9,14H2,1-4H3. The molecule has 0 heterocycles. The van der Waals surface area contributed by atoms with Crippen molar-refractivity contribution >= 4 is 11.5 Å². The largest absolute Gasteiger partial charge is 0.459 e. The summed E-state index contributed by atoms with van der Waals surface area (Å²) in [7, 11) is 0. The van der Waals surface area contributed by atoms with E-state index in [0.29, 0.717) is 5.57 Å². The highest BCUT2D eigenvalue weighted by Gasteiger charge is 2.16. The first-order valence-electron chi connectivity index (χ1n) is 8.04. The molecule has 0 amide bonds. The third-order valence-corrected chi connectivity index (χ3v) is 3.93. The molecule has 0 N–H and O–H groups in total. The second-order valence-electron chi connectivity index (χ2n) is 5.55. The van der Waals surface area contributed by atoms with Crippen molar-refractivity contribution in [1.82, 2.24) is 0 Å². The zero-order chi connectivity index (χ0) is 15.7. The van der Waals surface area contributed by atoms with E-state index in [9.17, 15) is 4.79 Å². The molecule has 0 saturated heterocycles. The van der Waals surface area contributed by atoms with Gasteiger partial charge in [-0.15, -0.1) is 0 Å². The summed E-state index contributed by atoms with van der Waals surface area (Å²) in [6.45, 7) is 8.09. The average Bonchev–Trinajstić information content (AvgIpc) is 2.53. The van der Waals surface area contributed by atoms with E-state index in [-0.39, 0.29) is 12.1 Å². The molecule has 1 aromatic carbocycles. The molecule has 1 aromatic rings. The Kier molecular flexibility index (Phi) is 7.81. The molecule has 0 aliphatic heterocycles. The van der Waals surface area contributed by atoms with E-state index in [1.807, 2.05) is 44.2 Å². The minimum Gasteiger partial charge on any atom is -0.459 e. The molecule has 0 bridgehead atoms. The molecule has 2 heteroatoms. The Morgan fingerprint density at radius 1 is 1.10 bits per heavy atom. The summed E-state index contributed by atoms with van der Waals surface area (Å²) in [4.78, 5) is 12.3. The molecule has 1 rings (SSSR count). The van der Waals surface area contributed by atoms with Crippen LogP contribution >= 0.6 is 0 Å². The summed E-state index contributed by atoms with van der Waals surface area (Å²) in [5.74, 6) is -0.181. The van der Waals surface area contributed by atoms with E-state index >= 15 is 0 Å². The van der Waals surface area contributed by atoms with Crippen molar-refractivity contribution < 1.29 is 9.53 Å². The molecule has 116 valence electrons. The quantitative estimate of drug-likeness (QED) is 0.364. The fourth-order valence-corrected chi connectivity index (χ4v) is 2.27. The van der Waals surface area contributed by atoms with Gasteiger partial charge in [-0.25, -0.2) is 4.79 Å². The van der Waals surface area contributed by atoms with Crippen molar-refractivity contribution in [3.63, 3.8) is 0 Å². The summed E-state index contributed by atoms with van der Waals surface area (Å²) in [5.41, 5.74) is 2.77. The third-order valence-electron chi connectivity index (χ3n) is 3.93. The molecule has 2 nitrogen and oxygen atoms in total. The lowest BCUT2D eigenvalue weighted by molar-refractivity contribution is -0.144. The molecule has 0 aliphatic rings. The van der Waals surface area contributed by atoms with Crippen molar-refractivity contribution in [2.45, 2.75) is 65.9 Å². The van der Waals surface area contributed by atoms with Crippen LogP contribution in [0.4, 0.5) is 0 Å². The van der Waals surface area contributed by atoms with Crippen molar-refractivity contribution in [2.75, 3.05) is 0 Å². The van der Waals surface area contributed by atoms with E-state index in [4.69, 9.17) is 4.74 Å². The van der Waals surface area contributed by atoms with Crippen LogP contribution in [0.15, 0.2) is 35.9 Å². The number of rotatable bonds is 8. The highest BCUT2D eigenvalue weighted by molar-refractivity contribution is 5.96. The lowest BCUT2D eigenvalue weighted by Crippen LogP contribution is -2.18. The van der Waals surface area contributed by atoms with Crippen molar-refractivity contribution in [3.8, 4) is 0 Å². The van der Waals surface area contributed by atoms with E-state index in [0.717, 1.165) is 30.4 Å². The first-order valence-corrected chi connectivity index (χ1v) is 8.04. The first-order chi connectivity index (χ1) is 10.1. The minimum absolute atomic E-state index is 0.0440. The fraction of sp³-hybridized carbons (Fsp3) is 0.526. The van der Waals surface area contributed by atoms with Crippen molar-refractivity contribution in [2.24, 2.45) is 0 Å². The van der Waals surface area contributed by atoms with Gasteiger partial charge in [0.25, 0.3) is 0 Å². The summed E-state index contributed by atoms with van der Waals surface area (Å²) in [5, 5.41) is 0. The molecule has 0 fully saturated rings. The van der Waals surface area contributed by atoms with Crippen LogP contribution in [0.3, 0.4) is 0 Å². The highest BCUT2D eigenvalue weighted by Crippen LogP contribution is 2.20. The monoisotopic (exact) mass is 288 g/mol. The second kappa shape index (κ2) is 9.38. The van der Waals surface area contributed by atoms with Gasteiger partial charge < -0.3 is 4.74 Å². The van der Waals surface area contributed by atoms with Crippen LogP contribution in [0.5, 0.6) is 0 Å². The number of hydrogen-bond donors (Lipinski definition) is 0. The zero-order valence-electron chi connectivity index (χ0n) is 13.8. The third kappa shape index (κ3) is 5.74. The Hall–Kier alpha value is -1.57. The maximum Gasteiger partial charge on any atom is 0.334 e. The smallest absolute Gasteiger partial charge is 0.334 e. The molecule has 1 atom stereocenters. The zero-order valence-corrected chi connectivity index (χ0v) is 13.8. The van der Waals surface area contributed by atoms with Gasteiger partial charge >= 0.3 is 5.97 Å². The Morgan fingerprint density at radius 2 is 1.76 bits per heavy atom. The predicted octanol–water partition coefficient (Wildman–Crippen LogP) is 5.38. The number of carbonyl (C=O) groups is 1. The number of benzene rings is 1. The van der Waals surface area contributed by atoms with Gasteiger partial charge in [-0.1, -0.05) is 57.0 Å². The number of esters is 1. The second-order valence-corrected chi connectivity index (χ2v) is 5.55. The highest BCUT2D eigenvalue weighted by atomic mass is 16.5. The number of hydrogen-bond acceptors (Lipinski definition) is 2. The van der Waals surface area contributed by atoms with Crippen LogP contribution in [-0.4, -0.2) is 12.1 Å². The van der Waals surface area contributed by atoms with E-state index in [1.165, 1.54) is 12.8 Å². The van der Waals surface area contributed by atoms with Gasteiger partial charge in [-0.05, 0) is 44.2 Å². The maximum absolute atomic E-state index is 12.3. The SMILES string of the molecule is CCCCCC(CC)OC(=O)C(C)=C(C)c1ccccc1. The summed E-state index contributed by atoms with van der Waals surface area (Å²) >= 11 is 0. The van der Waals surface area contributed by atoms with Gasteiger partial charge in [-0.2, -0.15) is 0 Å². The molecular formula is C19H28O2. The number of ether oxygens (including phenoxy) is 1. The van der Waals surface area contributed by atoms with Crippen LogP contribution in [0.2, 0.25) is 0 Å². The van der Waals surface area contributed by atoms with E-state index in [1.54, 1.807) is 0 Å². The summed E-state index contributed by atoms with van der Waals surface area (Å²) < 4.78 is 5.65. The lowest BCUT2D eigenvalue weighted by atomic mass is 10.0. The fourth-order valence-electron chi connectivity index (χ4n) is 2.27. The molecular weight excluding hydrogens is 260 g/mol. The Balaban J connectivity index is 2.68. The Morgan fingerprint density at radius 3 is 2.33 bits per heavy atom. The van der Waals surface area contributed by atoms with Gasteiger partial charge in [0.1, 0.15) is 6.10 Å². The molecule has 0 radical (unpaired) electrons. The Bertz CT molecular complexity index is 460. The number of allylic oxidation sites excluding steroid dienone is 1. The maximum atomic E-state index is 12.3. The topological polar surface area (TPSA) is 26.3 Å². The van der Waals surface area contributed by atoms with E-state index in [2.05, 4.69) is 13.8 Å². The van der Waals surface area contributed by atoms with E-state index < -0.39 is 0 Å². The van der Waals surface area contributed by atoms with Crippen molar-refractivity contribution in [1.29, 1.82) is 0 Å². The van der Waals surface area contributed by atoms with Crippen LogP contribution < -0.4 is 0 Å². The van der Waals surface area contributed by atoms with Gasteiger partial charge in [0.05, 0.1) is 0 Å². The molecule has 21 heavy (non-hydrogen) atoms. The normalized spacial score (nSPS) is 13.5. The summed E-state index contributed by atoms with van der Waals surface area (Å²) in [6.07, 6.45) is 5.41. The van der Waals surface area contributed by atoms with Gasteiger partial charge in [-0.3, -0.25) is 0 Å². The molecule has 0 aliphatic carbocycles. The predicted molar refractivity (Wildman–Crippen MR) is 89.0 cm³/mol. The first kappa shape index (κ1) is 17.5. The number of carbonyl (C=O) groups excluding carboxylic acids is 1. The molecule has 0 saturated carbocycles. The Labute approximate surface area is 129 Å². The van der Waals surface area contributed by atoms with Gasteiger partial charge in [0.15, 0.2) is 0 Å². The molecule has 0 aromatic heterocycles. The molecule has 1 unspecified atom stereocenters. The summed E-state index contributed by atoms with van der Waals surface area (Å²) in [6, 6.07) is 9.98. The van der Waals surface area contributed by atoms with Gasteiger partial charge in [0.2, 0.25) is 0 Å². The number of unbranched alkanes of at least 4 members (excludes halogenated alkanes) is 2. The van der Waals surface area contributed by atoms with Crippen LogP contribution in [0, 0.1) is 0 Å². The van der Waals surface area contributed by atoms with Crippen LogP contribution in [-0.2, 0) is 9.53 Å². The molecule has 0 spiro atoms. The lowest BCUT2D eigenvalue weighted by Gasteiger charge is -2.17. The average molecular weight is 288 g/mol. The van der Waals surface area contributed by atoms with Crippen LogP contribution in [0.25, 0.3) is 5.57 Å². The van der Waals surface area contributed by atoms with Crippen LogP contribution in [0.1, 0.15) is 65.4 Å². The van der Waals surface area contributed by atoms with Crippen molar-refractivity contribution in [3.05, 3.63) is 41.5 Å². The minimum atomic E-state index is -0.181.